The second-order valence-corrected chi connectivity index (χ2v) is 6.67. The van der Waals surface area contributed by atoms with Crippen LogP contribution in [0.4, 0.5) is 4.39 Å². The summed E-state index contributed by atoms with van der Waals surface area (Å²) in [6.07, 6.45) is 1.03. The largest absolute Gasteiger partial charge is 0.345 e. The highest BCUT2D eigenvalue weighted by Crippen LogP contribution is 2.22. The standard InChI is InChI=1S/C19H19FN4OS/c1-2-11-26-19-23-22-17(24(19)16-9-4-3-5-10-16)13-21-18(25)14-7-6-8-15(20)12-14/h3-10,12H,2,11,13H2,1H3,(H,21,25). The molecule has 0 aliphatic carbocycles. The highest BCUT2D eigenvalue weighted by atomic mass is 32.2. The maximum absolute atomic E-state index is 13.3. The third-order valence-corrected chi connectivity index (χ3v) is 4.78. The Labute approximate surface area is 155 Å². The van der Waals surface area contributed by atoms with Gasteiger partial charge in [0.15, 0.2) is 11.0 Å². The van der Waals surface area contributed by atoms with Crippen molar-refractivity contribution in [1.29, 1.82) is 0 Å². The Bertz CT molecular complexity index is 882. The minimum atomic E-state index is -0.441. The molecule has 1 amide bonds. The van der Waals surface area contributed by atoms with E-state index >= 15 is 0 Å². The molecular formula is C19H19FN4OS. The summed E-state index contributed by atoms with van der Waals surface area (Å²) in [6.45, 7) is 2.31. The van der Waals surface area contributed by atoms with Crippen molar-refractivity contribution in [1.82, 2.24) is 20.1 Å². The molecule has 0 spiro atoms. The first kappa shape index (κ1) is 18.1. The molecule has 1 heterocycles. The molecule has 0 atom stereocenters. The zero-order valence-corrected chi connectivity index (χ0v) is 15.2. The van der Waals surface area contributed by atoms with Crippen molar-refractivity contribution in [3.8, 4) is 5.69 Å². The van der Waals surface area contributed by atoms with E-state index in [2.05, 4.69) is 22.4 Å². The molecule has 7 heteroatoms. The Morgan fingerprint density at radius 3 is 2.69 bits per heavy atom. The van der Waals surface area contributed by atoms with E-state index in [1.807, 2.05) is 34.9 Å². The summed E-state index contributed by atoms with van der Waals surface area (Å²) in [5.74, 6) is 0.762. The first-order chi connectivity index (χ1) is 12.7. The lowest BCUT2D eigenvalue weighted by molar-refractivity contribution is 0.0949. The molecule has 1 N–H and O–H groups in total. The molecule has 0 aliphatic rings. The Hall–Kier alpha value is -2.67. The number of amides is 1. The molecule has 0 saturated carbocycles. The number of para-hydroxylation sites is 1. The van der Waals surface area contributed by atoms with E-state index in [1.54, 1.807) is 17.8 Å². The fourth-order valence-electron chi connectivity index (χ4n) is 2.43. The van der Waals surface area contributed by atoms with Crippen molar-refractivity contribution in [2.24, 2.45) is 0 Å². The van der Waals surface area contributed by atoms with Crippen LogP contribution in [0.15, 0.2) is 59.8 Å². The minimum absolute atomic E-state index is 0.198. The van der Waals surface area contributed by atoms with E-state index in [4.69, 9.17) is 0 Å². The first-order valence-electron chi connectivity index (χ1n) is 8.35. The van der Waals surface area contributed by atoms with E-state index < -0.39 is 5.82 Å². The SMILES string of the molecule is CCCSc1nnc(CNC(=O)c2cccc(F)c2)n1-c1ccccc1. The van der Waals surface area contributed by atoms with Gasteiger partial charge in [-0.15, -0.1) is 10.2 Å². The van der Waals surface area contributed by atoms with Gasteiger partial charge in [0.2, 0.25) is 0 Å². The maximum Gasteiger partial charge on any atom is 0.251 e. The number of halogens is 1. The second kappa shape index (κ2) is 8.62. The molecule has 0 saturated heterocycles. The average Bonchev–Trinajstić information content (AvgIpc) is 3.08. The van der Waals surface area contributed by atoms with E-state index in [0.717, 1.165) is 23.0 Å². The minimum Gasteiger partial charge on any atom is -0.345 e. The second-order valence-electron chi connectivity index (χ2n) is 5.61. The number of nitrogens with zero attached hydrogens (tertiary/aromatic N) is 3. The van der Waals surface area contributed by atoms with Gasteiger partial charge in [0.05, 0.1) is 6.54 Å². The Morgan fingerprint density at radius 2 is 1.96 bits per heavy atom. The van der Waals surface area contributed by atoms with Crippen LogP contribution < -0.4 is 5.32 Å². The average molecular weight is 370 g/mol. The number of hydrogen-bond acceptors (Lipinski definition) is 4. The van der Waals surface area contributed by atoms with Crippen molar-refractivity contribution < 1.29 is 9.18 Å². The smallest absolute Gasteiger partial charge is 0.251 e. The van der Waals surface area contributed by atoms with Crippen LogP contribution in [0.1, 0.15) is 29.5 Å². The van der Waals surface area contributed by atoms with Crippen molar-refractivity contribution >= 4 is 17.7 Å². The van der Waals surface area contributed by atoms with Gasteiger partial charge in [0.25, 0.3) is 5.91 Å². The summed E-state index contributed by atoms with van der Waals surface area (Å²) in [4.78, 5) is 12.3. The molecule has 0 unspecified atom stereocenters. The molecule has 0 bridgehead atoms. The summed E-state index contributed by atoms with van der Waals surface area (Å²) in [6, 6.07) is 15.4. The number of nitrogens with one attached hydrogen (secondary N) is 1. The van der Waals surface area contributed by atoms with Gasteiger partial charge < -0.3 is 5.32 Å². The lowest BCUT2D eigenvalue weighted by Crippen LogP contribution is -2.24. The predicted octanol–water partition coefficient (Wildman–Crippen LogP) is 3.84. The third-order valence-electron chi connectivity index (χ3n) is 3.64. The maximum atomic E-state index is 13.3. The number of aromatic nitrogens is 3. The molecule has 1 aromatic heterocycles. The quantitative estimate of drug-likeness (QED) is 0.642. The number of carbonyl (C=O) groups excluding carboxylic acids is 1. The van der Waals surface area contributed by atoms with Crippen molar-refractivity contribution in [3.05, 3.63) is 71.8 Å². The van der Waals surface area contributed by atoms with Crippen molar-refractivity contribution in [2.45, 2.75) is 25.0 Å². The normalized spacial score (nSPS) is 10.7. The monoisotopic (exact) mass is 370 g/mol. The van der Waals surface area contributed by atoms with Crippen LogP contribution in [-0.4, -0.2) is 26.4 Å². The fourth-order valence-corrected chi connectivity index (χ4v) is 3.25. The highest BCUT2D eigenvalue weighted by Gasteiger charge is 2.15. The van der Waals surface area contributed by atoms with E-state index in [-0.39, 0.29) is 18.0 Å². The molecule has 5 nitrogen and oxygen atoms in total. The molecular weight excluding hydrogens is 351 g/mol. The van der Waals surface area contributed by atoms with Gasteiger partial charge in [0.1, 0.15) is 5.82 Å². The van der Waals surface area contributed by atoms with Gasteiger partial charge in [-0.25, -0.2) is 4.39 Å². The van der Waals surface area contributed by atoms with Crippen LogP contribution >= 0.6 is 11.8 Å². The van der Waals surface area contributed by atoms with Crippen molar-refractivity contribution in [3.63, 3.8) is 0 Å². The zero-order chi connectivity index (χ0) is 18.4. The van der Waals surface area contributed by atoms with Gasteiger partial charge in [-0.05, 0) is 36.8 Å². The topological polar surface area (TPSA) is 59.8 Å². The van der Waals surface area contributed by atoms with E-state index in [1.165, 1.54) is 18.2 Å². The van der Waals surface area contributed by atoms with Gasteiger partial charge in [-0.3, -0.25) is 9.36 Å². The molecule has 0 radical (unpaired) electrons. The van der Waals surface area contributed by atoms with Crippen molar-refractivity contribution in [2.75, 3.05) is 5.75 Å². The lowest BCUT2D eigenvalue weighted by atomic mass is 10.2. The molecule has 3 aromatic rings. The molecule has 26 heavy (non-hydrogen) atoms. The number of carbonyl (C=O) groups is 1. The van der Waals surface area contributed by atoms with Crippen LogP contribution in [-0.2, 0) is 6.54 Å². The summed E-state index contributed by atoms with van der Waals surface area (Å²) < 4.78 is 15.2. The van der Waals surface area contributed by atoms with Crippen LogP contribution in [0.2, 0.25) is 0 Å². The third kappa shape index (κ3) is 4.29. The number of benzene rings is 2. The van der Waals surface area contributed by atoms with Gasteiger partial charge in [0, 0.05) is 17.0 Å². The summed E-state index contributed by atoms with van der Waals surface area (Å²) in [7, 11) is 0. The van der Waals surface area contributed by atoms with Crippen LogP contribution in [0.3, 0.4) is 0 Å². The van der Waals surface area contributed by atoms with Crippen LogP contribution in [0, 0.1) is 5.82 Å². The number of hydrogen-bond donors (Lipinski definition) is 1. The van der Waals surface area contributed by atoms with E-state index in [0.29, 0.717) is 5.82 Å². The first-order valence-corrected chi connectivity index (χ1v) is 9.34. The fraction of sp³-hybridized carbons (Fsp3) is 0.211. The molecule has 0 fully saturated rings. The molecule has 134 valence electrons. The number of rotatable bonds is 7. The van der Waals surface area contributed by atoms with Gasteiger partial charge >= 0.3 is 0 Å². The van der Waals surface area contributed by atoms with E-state index in [9.17, 15) is 9.18 Å². The lowest BCUT2D eigenvalue weighted by Gasteiger charge is -2.10. The molecule has 0 aliphatic heterocycles. The zero-order valence-electron chi connectivity index (χ0n) is 14.4. The van der Waals surface area contributed by atoms with Gasteiger partial charge in [-0.2, -0.15) is 0 Å². The Kier molecular flexibility index (Phi) is 6.01. The van der Waals surface area contributed by atoms with Gasteiger partial charge in [-0.1, -0.05) is 43.0 Å². The van der Waals surface area contributed by atoms with Crippen LogP contribution in [0.25, 0.3) is 5.69 Å². The number of thioether (sulfide) groups is 1. The summed E-state index contributed by atoms with van der Waals surface area (Å²) in [5.41, 5.74) is 1.21. The summed E-state index contributed by atoms with van der Waals surface area (Å²) in [5, 5.41) is 12.1. The predicted molar refractivity (Wildman–Crippen MR) is 99.9 cm³/mol. The Morgan fingerprint density at radius 1 is 1.15 bits per heavy atom. The molecule has 3 rings (SSSR count). The summed E-state index contributed by atoms with van der Waals surface area (Å²) >= 11 is 1.62. The Balaban J connectivity index is 1.81. The highest BCUT2D eigenvalue weighted by molar-refractivity contribution is 7.99. The van der Waals surface area contributed by atoms with Crippen LogP contribution in [0.5, 0.6) is 0 Å². The molecule has 2 aromatic carbocycles.